The van der Waals surface area contributed by atoms with E-state index in [1.807, 2.05) is 73.7 Å². The molecule has 1 aromatic heterocycles. The van der Waals surface area contributed by atoms with Crippen LogP contribution in [-0.2, 0) is 11.8 Å². The first-order valence-corrected chi connectivity index (χ1v) is 12.9. The molecule has 1 aliphatic carbocycles. The fourth-order valence-corrected chi connectivity index (χ4v) is 5.46. The lowest BCUT2D eigenvalue weighted by Gasteiger charge is -2.27. The zero-order valence-electron chi connectivity index (χ0n) is 21.7. The van der Waals surface area contributed by atoms with Crippen molar-refractivity contribution in [2.75, 3.05) is 0 Å². The van der Waals surface area contributed by atoms with Crippen LogP contribution in [0.1, 0.15) is 61.6 Å². The second kappa shape index (κ2) is 9.90. The van der Waals surface area contributed by atoms with E-state index in [9.17, 15) is 15.3 Å². The molecule has 1 fully saturated rings. The Hall–Kier alpha value is -3.25. The maximum atomic E-state index is 11.3. The predicted octanol–water partition coefficient (Wildman–Crippen LogP) is 6.35. The van der Waals surface area contributed by atoms with Gasteiger partial charge in [0.05, 0.1) is 17.4 Å². The Morgan fingerprint density at radius 1 is 0.838 bits per heavy atom. The number of aryl methyl sites for hydroxylation is 1. The highest BCUT2D eigenvalue weighted by atomic mass is 16.5. The van der Waals surface area contributed by atoms with Gasteiger partial charge in [0, 0.05) is 11.0 Å². The molecule has 1 heterocycles. The lowest BCUT2D eigenvalue weighted by atomic mass is 9.79. The largest absolute Gasteiger partial charge is 0.388 e. The van der Waals surface area contributed by atoms with Crippen molar-refractivity contribution in [3.8, 4) is 22.5 Å². The van der Waals surface area contributed by atoms with Crippen molar-refractivity contribution in [1.29, 1.82) is 0 Å². The summed E-state index contributed by atoms with van der Waals surface area (Å²) in [5.41, 5.74) is 6.04. The van der Waals surface area contributed by atoms with Crippen LogP contribution in [0.25, 0.3) is 22.5 Å². The van der Waals surface area contributed by atoms with Crippen molar-refractivity contribution in [3.05, 3.63) is 101 Å². The van der Waals surface area contributed by atoms with Crippen LogP contribution < -0.4 is 0 Å². The molecule has 0 spiro atoms. The Bertz CT molecular complexity index is 1330. The summed E-state index contributed by atoms with van der Waals surface area (Å²) in [4.78, 5) is 0. The first-order chi connectivity index (χ1) is 17.7. The van der Waals surface area contributed by atoms with E-state index in [0.717, 1.165) is 47.1 Å². The van der Waals surface area contributed by atoms with Crippen molar-refractivity contribution >= 4 is 0 Å². The van der Waals surface area contributed by atoms with Gasteiger partial charge < -0.3 is 19.8 Å². The number of aliphatic hydroxyl groups excluding tert-OH is 2. The maximum absolute atomic E-state index is 11.3. The molecule has 192 valence electrons. The van der Waals surface area contributed by atoms with E-state index in [4.69, 9.17) is 4.52 Å². The van der Waals surface area contributed by atoms with E-state index < -0.39 is 17.8 Å². The van der Waals surface area contributed by atoms with Crippen molar-refractivity contribution in [1.82, 2.24) is 5.16 Å². The molecule has 3 N–H and O–H groups in total. The van der Waals surface area contributed by atoms with Gasteiger partial charge in [-0.3, -0.25) is 0 Å². The van der Waals surface area contributed by atoms with Gasteiger partial charge in [0.15, 0.2) is 12.1 Å². The number of hydrogen-bond donors (Lipinski definition) is 3. The second-order valence-electron chi connectivity index (χ2n) is 11.2. The lowest BCUT2D eigenvalue weighted by molar-refractivity contribution is -0.0694. The SMILES string of the molecule is Cc1noc(-c2ccc(-c3ccc(C4(C(O)O)CC4)cc3)cc2)c1C(O)CC(C)(C)Cc1ccccc1. The number of rotatable bonds is 9. The minimum absolute atomic E-state index is 0.108. The molecule has 5 heteroatoms. The lowest BCUT2D eigenvalue weighted by Crippen LogP contribution is -2.25. The van der Waals surface area contributed by atoms with Crippen LogP contribution in [0, 0.1) is 12.3 Å². The summed E-state index contributed by atoms with van der Waals surface area (Å²) in [5, 5.41) is 34.9. The molecule has 5 nitrogen and oxygen atoms in total. The summed E-state index contributed by atoms with van der Waals surface area (Å²) in [7, 11) is 0. The highest BCUT2D eigenvalue weighted by molar-refractivity contribution is 5.70. The van der Waals surface area contributed by atoms with Gasteiger partial charge in [-0.2, -0.15) is 0 Å². The highest BCUT2D eigenvalue weighted by Gasteiger charge is 2.50. The Morgan fingerprint density at radius 2 is 1.41 bits per heavy atom. The predicted molar refractivity (Wildman–Crippen MR) is 145 cm³/mol. The number of nitrogens with zero attached hydrogens (tertiary/aromatic N) is 1. The third-order valence-corrected chi connectivity index (χ3v) is 7.74. The molecular formula is C32H35NO4. The molecule has 37 heavy (non-hydrogen) atoms. The number of aliphatic hydroxyl groups is 3. The second-order valence-corrected chi connectivity index (χ2v) is 11.2. The Balaban J connectivity index is 1.33. The number of benzene rings is 3. The third kappa shape index (κ3) is 5.26. The van der Waals surface area contributed by atoms with Crippen molar-refractivity contribution in [2.45, 2.75) is 64.3 Å². The van der Waals surface area contributed by atoms with E-state index in [0.29, 0.717) is 17.9 Å². The fourth-order valence-electron chi connectivity index (χ4n) is 5.46. The molecule has 0 bridgehead atoms. The van der Waals surface area contributed by atoms with E-state index in [2.05, 4.69) is 31.1 Å². The molecule has 0 aliphatic heterocycles. The van der Waals surface area contributed by atoms with E-state index in [1.54, 1.807) is 0 Å². The minimum atomic E-state index is -1.32. The van der Waals surface area contributed by atoms with Crippen LogP contribution in [-0.4, -0.2) is 26.8 Å². The minimum Gasteiger partial charge on any atom is -0.388 e. The van der Waals surface area contributed by atoms with Crippen LogP contribution in [0.3, 0.4) is 0 Å². The quantitative estimate of drug-likeness (QED) is 0.235. The molecule has 4 aromatic rings. The van der Waals surface area contributed by atoms with Gasteiger partial charge in [0.1, 0.15) is 0 Å². The van der Waals surface area contributed by atoms with Gasteiger partial charge in [0.25, 0.3) is 0 Å². The normalized spacial score (nSPS) is 15.6. The molecule has 1 aliphatic rings. The molecule has 1 saturated carbocycles. The average Bonchev–Trinajstić information content (AvgIpc) is 3.61. The van der Waals surface area contributed by atoms with Gasteiger partial charge in [-0.05, 0) is 60.3 Å². The standard InChI is InChI=1S/C32H35NO4/c1-21-28(27(34)20-31(2,3)19-22-7-5-4-6-8-22)29(37-33-21)25-11-9-23(10-12-25)24-13-15-26(16-14-24)32(17-18-32)30(35)36/h4-16,27,30,34-36H,17-20H2,1-3H3. The molecule has 0 saturated heterocycles. The zero-order valence-corrected chi connectivity index (χ0v) is 21.7. The van der Waals surface area contributed by atoms with Gasteiger partial charge in [-0.1, -0.05) is 97.9 Å². The molecular weight excluding hydrogens is 462 g/mol. The van der Waals surface area contributed by atoms with Gasteiger partial charge >= 0.3 is 0 Å². The molecule has 3 aromatic carbocycles. The van der Waals surface area contributed by atoms with Crippen LogP contribution in [0.2, 0.25) is 0 Å². The smallest absolute Gasteiger partial charge is 0.172 e. The molecule has 0 radical (unpaired) electrons. The summed E-state index contributed by atoms with van der Waals surface area (Å²) in [6, 6.07) is 26.4. The van der Waals surface area contributed by atoms with Crippen molar-refractivity contribution in [3.63, 3.8) is 0 Å². The zero-order chi connectivity index (χ0) is 26.2. The van der Waals surface area contributed by atoms with E-state index in [-0.39, 0.29) is 5.41 Å². The fraction of sp³-hybridized carbons (Fsp3) is 0.344. The molecule has 0 amide bonds. The van der Waals surface area contributed by atoms with Crippen molar-refractivity contribution < 1.29 is 19.8 Å². The maximum Gasteiger partial charge on any atom is 0.172 e. The Morgan fingerprint density at radius 3 is 1.97 bits per heavy atom. The molecule has 5 rings (SSSR count). The summed E-state index contributed by atoms with van der Waals surface area (Å²) >= 11 is 0. The van der Waals surface area contributed by atoms with Gasteiger partial charge in [0.2, 0.25) is 0 Å². The monoisotopic (exact) mass is 497 g/mol. The summed E-state index contributed by atoms with van der Waals surface area (Å²) in [6.07, 6.45) is 1.04. The Labute approximate surface area is 218 Å². The van der Waals surface area contributed by atoms with E-state index in [1.165, 1.54) is 5.56 Å². The number of hydrogen-bond acceptors (Lipinski definition) is 5. The van der Waals surface area contributed by atoms with Crippen molar-refractivity contribution in [2.24, 2.45) is 5.41 Å². The van der Waals surface area contributed by atoms with Crippen LogP contribution in [0.5, 0.6) is 0 Å². The Kier molecular flexibility index (Phi) is 6.80. The van der Waals surface area contributed by atoms with Gasteiger partial charge in [-0.25, -0.2) is 0 Å². The summed E-state index contributed by atoms with van der Waals surface area (Å²) in [6.45, 7) is 6.23. The van der Waals surface area contributed by atoms with Crippen LogP contribution in [0.4, 0.5) is 0 Å². The topological polar surface area (TPSA) is 86.7 Å². The van der Waals surface area contributed by atoms with E-state index >= 15 is 0 Å². The summed E-state index contributed by atoms with van der Waals surface area (Å²) < 4.78 is 5.71. The average molecular weight is 498 g/mol. The van der Waals surface area contributed by atoms with Gasteiger partial charge in [-0.15, -0.1) is 0 Å². The molecule has 1 atom stereocenters. The first-order valence-electron chi connectivity index (χ1n) is 12.9. The third-order valence-electron chi connectivity index (χ3n) is 7.74. The number of aromatic nitrogens is 1. The van der Waals surface area contributed by atoms with Crippen LogP contribution in [0.15, 0.2) is 83.4 Å². The molecule has 1 unspecified atom stereocenters. The first kappa shape index (κ1) is 25.4. The summed E-state index contributed by atoms with van der Waals surface area (Å²) in [5.74, 6) is 0.606. The highest BCUT2D eigenvalue weighted by Crippen LogP contribution is 2.50. The van der Waals surface area contributed by atoms with Crippen LogP contribution >= 0.6 is 0 Å².